The minimum absolute atomic E-state index is 0.0205. The Balaban J connectivity index is 1.88. The zero-order valence-electron chi connectivity index (χ0n) is 15.9. The molecule has 2 heterocycles. The van der Waals surface area contributed by atoms with Crippen LogP contribution in [0.2, 0.25) is 0 Å². The molecule has 0 fully saturated rings. The van der Waals surface area contributed by atoms with E-state index >= 15 is 0 Å². The lowest BCUT2D eigenvalue weighted by molar-refractivity contribution is 0.180. The first kappa shape index (κ1) is 17.4. The van der Waals surface area contributed by atoms with Gasteiger partial charge in [0.2, 0.25) is 0 Å². The number of carbonyl (C=O) groups is 1. The van der Waals surface area contributed by atoms with Gasteiger partial charge in [0.05, 0.1) is 18.3 Å². The zero-order chi connectivity index (χ0) is 18.8. The van der Waals surface area contributed by atoms with Crippen LogP contribution in [0.15, 0.2) is 66.9 Å². The van der Waals surface area contributed by atoms with Gasteiger partial charge in [0.25, 0.3) is 0 Å². The highest BCUT2D eigenvalue weighted by molar-refractivity contribution is 5.76. The summed E-state index contributed by atoms with van der Waals surface area (Å²) in [5.41, 5.74) is 5.73. The zero-order valence-corrected chi connectivity index (χ0v) is 15.9. The number of benzene rings is 2. The minimum atomic E-state index is -0.135. The van der Waals surface area contributed by atoms with Crippen LogP contribution < -0.4 is 5.32 Å². The lowest BCUT2D eigenvalue weighted by Gasteiger charge is -2.31. The molecule has 1 aromatic heterocycles. The normalized spacial score (nSPS) is 15.6. The molecule has 4 rings (SSSR count). The van der Waals surface area contributed by atoms with E-state index in [1.165, 1.54) is 5.56 Å². The largest absolute Gasteiger partial charge is 0.338 e. The van der Waals surface area contributed by atoms with Crippen molar-refractivity contribution in [1.82, 2.24) is 14.8 Å². The van der Waals surface area contributed by atoms with Gasteiger partial charge in [0.15, 0.2) is 0 Å². The van der Waals surface area contributed by atoms with Crippen LogP contribution in [-0.4, -0.2) is 22.0 Å². The van der Waals surface area contributed by atoms with Gasteiger partial charge in [-0.2, -0.15) is 0 Å². The summed E-state index contributed by atoms with van der Waals surface area (Å²) in [5, 5.41) is 3.08. The molecule has 0 unspecified atom stereocenters. The number of hydrogen-bond acceptors (Lipinski definition) is 1. The SMILES string of the molecule is CCCNC(=O)N1Cc2ccccc2-n2cccc2[C@H]1c1cccc(C)c1. The number of para-hydroxylation sites is 1. The molecule has 27 heavy (non-hydrogen) atoms. The first-order valence-corrected chi connectivity index (χ1v) is 9.55. The van der Waals surface area contributed by atoms with Crippen LogP contribution in [0.1, 0.15) is 41.8 Å². The maximum Gasteiger partial charge on any atom is 0.318 e. The average molecular weight is 359 g/mol. The Morgan fingerprint density at radius 1 is 1.11 bits per heavy atom. The number of aryl methyl sites for hydroxylation is 1. The summed E-state index contributed by atoms with van der Waals surface area (Å²) >= 11 is 0. The quantitative estimate of drug-likeness (QED) is 0.716. The van der Waals surface area contributed by atoms with Gasteiger partial charge >= 0.3 is 6.03 Å². The van der Waals surface area contributed by atoms with Crippen molar-refractivity contribution in [3.8, 4) is 5.69 Å². The molecule has 4 nitrogen and oxygen atoms in total. The highest BCUT2D eigenvalue weighted by atomic mass is 16.2. The molecular formula is C23H25N3O. The van der Waals surface area contributed by atoms with Crippen molar-refractivity contribution in [3.63, 3.8) is 0 Å². The molecule has 0 saturated heterocycles. The highest BCUT2D eigenvalue weighted by Gasteiger charge is 2.32. The van der Waals surface area contributed by atoms with Crippen molar-refractivity contribution < 1.29 is 4.79 Å². The summed E-state index contributed by atoms with van der Waals surface area (Å²) < 4.78 is 2.22. The number of urea groups is 1. The van der Waals surface area contributed by atoms with Crippen molar-refractivity contribution in [3.05, 3.63) is 89.2 Å². The van der Waals surface area contributed by atoms with Crippen LogP contribution >= 0.6 is 0 Å². The average Bonchev–Trinajstić information content (AvgIpc) is 3.10. The lowest BCUT2D eigenvalue weighted by atomic mass is 10.00. The molecule has 4 heteroatoms. The number of nitrogens with zero attached hydrogens (tertiary/aromatic N) is 2. The highest BCUT2D eigenvalue weighted by Crippen LogP contribution is 2.36. The third kappa shape index (κ3) is 3.23. The fraction of sp³-hybridized carbons (Fsp3) is 0.261. The molecule has 0 aliphatic carbocycles. The van der Waals surface area contributed by atoms with Gasteiger partial charge in [-0.1, -0.05) is 55.0 Å². The number of carbonyl (C=O) groups excluding carboxylic acids is 1. The van der Waals surface area contributed by atoms with E-state index in [-0.39, 0.29) is 12.1 Å². The second kappa shape index (κ2) is 7.31. The van der Waals surface area contributed by atoms with E-state index in [0.717, 1.165) is 28.9 Å². The van der Waals surface area contributed by atoms with Gasteiger partial charge in [0, 0.05) is 18.4 Å². The second-order valence-electron chi connectivity index (χ2n) is 7.11. The smallest absolute Gasteiger partial charge is 0.318 e. The van der Waals surface area contributed by atoms with Crippen LogP contribution in [0.4, 0.5) is 4.79 Å². The third-order valence-electron chi connectivity index (χ3n) is 5.11. The van der Waals surface area contributed by atoms with Crippen LogP contribution in [0, 0.1) is 6.92 Å². The maximum absolute atomic E-state index is 13.1. The molecule has 0 spiro atoms. The number of nitrogens with one attached hydrogen (secondary N) is 1. The Morgan fingerprint density at radius 3 is 2.78 bits per heavy atom. The van der Waals surface area contributed by atoms with E-state index in [4.69, 9.17) is 0 Å². The molecule has 138 valence electrons. The Kier molecular flexibility index (Phi) is 4.71. The third-order valence-corrected chi connectivity index (χ3v) is 5.11. The molecule has 1 atom stereocenters. The summed E-state index contributed by atoms with van der Waals surface area (Å²) in [6.45, 7) is 5.42. The Hall–Kier alpha value is -3.01. The van der Waals surface area contributed by atoms with E-state index < -0.39 is 0 Å². The second-order valence-corrected chi connectivity index (χ2v) is 7.11. The predicted molar refractivity (Wildman–Crippen MR) is 108 cm³/mol. The number of aromatic nitrogens is 1. The number of amides is 2. The van der Waals surface area contributed by atoms with Crippen molar-refractivity contribution in [2.24, 2.45) is 0 Å². The Morgan fingerprint density at radius 2 is 1.96 bits per heavy atom. The van der Waals surface area contributed by atoms with Crippen LogP contribution in [0.25, 0.3) is 5.69 Å². The Bertz CT molecular complexity index is 960. The van der Waals surface area contributed by atoms with Crippen molar-refractivity contribution in [2.45, 2.75) is 32.9 Å². The summed E-state index contributed by atoms with van der Waals surface area (Å²) in [4.78, 5) is 15.1. The summed E-state index contributed by atoms with van der Waals surface area (Å²) in [6.07, 6.45) is 3.01. The Labute approximate surface area is 160 Å². The molecule has 1 aliphatic heterocycles. The van der Waals surface area contributed by atoms with Crippen LogP contribution in [0.5, 0.6) is 0 Å². The molecule has 1 aliphatic rings. The fourth-order valence-corrected chi connectivity index (χ4v) is 3.86. The van der Waals surface area contributed by atoms with E-state index in [0.29, 0.717) is 13.1 Å². The van der Waals surface area contributed by atoms with Gasteiger partial charge in [0.1, 0.15) is 0 Å². The molecular weight excluding hydrogens is 334 g/mol. The minimum Gasteiger partial charge on any atom is -0.338 e. The van der Waals surface area contributed by atoms with Gasteiger partial charge in [-0.05, 0) is 42.7 Å². The number of rotatable bonds is 3. The molecule has 0 saturated carbocycles. The first-order valence-electron chi connectivity index (χ1n) is 9.55. The van der Waals surface area contributed by atoms with Gasteiger partial charge in [-0.15, -0.1) is 0 Å². The standard InChI is InChI=1S/C23H25N3O/c1-3-13-24-23(27)26-16-19-9-4-5-11-20(19)25-14-7-12-21(25)22(26)18-10-6-8-17(2)15-18/h4-12,14-15,22H,3,13,16H2,1-2H3,(H,24,27)/t22-/m1/s1. The molecule has 0 bridgehead atoms. The molecule has 0 radical (unpaired) electrons. The number of hydrogen-bond donors (Lipinski definition) is 1. The molecule has 2 amide bonds. The fourth-order valence-electron chi connectivity index (χ4n) is 3.86. The monoisotopic (exact) mass is 359 g/mol. The van der Waals surface area contributed by atoms with E-state index in [1.807, 2.05) is 11.0 Å². The predicted octanol–water partition coefficient (Wildman–Crippen LogP) is 4.81. The van der Waals surface area contributed by atoms with E-state index in [1.54, 1.807) is 0 Å². The molecule has 3 aromatic rings. The van der Waals surface area contributed by atoms with Crippen LogP contribution in [-0.2, 0) is 6.54 Å². The number of fused-ring (bicyclic) bond motifs is 3. The first-order chi connectivity index (χ1) is 13.2. The molecule has 1 N–H and O–H groups in total. The van der Waals surface area contributed by atoms with Crippen molar-refractivity contribution in [2.75, 3.05) is 6.54 Å². The van der Waals surface area contributed by atoms with Gasteiger partial charge in [-0.25, -0.2) is 4.79 Å². The molecule has 2 aromatic carbocycles. The van der Waals surface area contributed by atoms with Crippen LogP contribution in [0.3, 0.4) is 0 Å². The van der Waals surface area contributed by atoms with Crippen molar-refractivity contribution in [1.29, 1.82) is 0 Å². The van der Waals surface area contributed by atoms with E-state index in [9.17, 15) is 4.79 Å². The maximum atomic E-state index is 13.1. The van der Waals surface area contributed by atoms with Gasteiger partial charge < -0.3 is 14.8 Å². The topological polar surface area (TPSA) is 37.3 Å². The van der Waals surface area contributed by atoms with E-state index in [2.05, 4.69) is 84.5 Å². The van der Waals surface area contributed by atoms with Crippen molar-refractivity contribution >= 4 is 6.03 Å². The van der Waals surface area contributed by atoms with Gasteiger partial charge in [-0.3, -0.25) is 0 Å². The summed E-state index contributed by atoms with van der Waals surface area (Å²) in [6, 6.07) is 20.8. The lowest BCUT2D eigenvalue weighted by Crippen LogP contribution is -2.42. The summed E-state index contributed by atoms with van der Waals surface area (Å²) in [5.74, 6) is 0. The summed E-state index contributed by atoms with van der Waals surface area (Å²) in [7, 11) is 0.